The minimum Gasteiger partial charge on any atom is -0.486 e. The maximum absolute atomic E-state index is 13.6. The van der Waals surface area contributed by atoms with Crippen molar-refractivity contribution < 1.29 is 14.2 Å². The predicted molar refractivity (Wildman–Crippen MR) is 73.7 cm³/mol. The Morgan fingerprint density at radius 1 is 1.30 bits per heavy atom. The first kappa shape index (κ1) is 14.0. The summed E-state index contributed by atoms with van der Waals surface area (Å²) in [7, 11) is 0. The number of ether oxygens (including phenoxy) is 1. The van der Waals surface area contributed by atoms with E-state index in [2.05, 4.69) is 16.8 Å². The fraction of sp³-hybridized carbons (Fsp3) is 0.188. The van der Waals surface area contributed by atoms with Gasteiger partial charge in [0.25, 0.3) is 0 Å². The second kappa shape index (κ2) is 6.69. The molecule has 0 aliphatic rings. The molecule has 0 fully saturated rings. The third-order valence-electron chi connectivity index (χ3n) is 2.57. The van der Waals surface area contributed by atoms with Gasteiger partial charge in [-0.15, -0.1) is 0 Å². The van der Waals surface area contributed by atoms with Gasteiger partial charge in [0.1, 0.15) is 13.2 Å². The molecule has 0 amide bonds. The molecule has 3 nitrogen and oxygen atoms in total. The third-order valence-corrected chi connectivity index (χ3v) is 2.57. The number of pyridine rings is 1. The van der Waals surface area contributed by atoms with Crippen molar-refractivity contribution in [1.82, 2.24) is 4.98 Å². The molecule has 20 heavy (non-hydrogen) atoms. The van der Waals surface area contributed by atoms with Crippen LogP contribution in [0.3, 0.4) is 0 Å². The third kappa shape index (κ3) is 3.81. The Labute approximate surface area is 117 Å². The number of hydrogen-bond donors (Lipinski definition) is 1. The van der Waals surface area contributed by atoms with Crippen LogP contribution in [0.25, 0.3) is 0 Å². The molecule has 0 aliphatic carbocycles. The molecule has 1 N–H and O–H groups in total. The van der Waals surface area contributed by atoms with Gasteiger partial charge >= 0.3 is 0 Å². The molecular weight excluding hydrogens is 257 g/mol. The van der Waals surface area contributed by atoms with Crippen molar-refractivity contribution in [3.8, 4) is 17.6 Å². The molecule has 4 heteroatoms. The average Bonchev–Trinajstić information content (AvgIpc) is 2.45. The van der Waals surface area contributed by atoms with Crippen LogP contribution >= 0.6 is 0 Å². The molecular formula is C16H14FNO2. The van der Waals surface area contributed by atoms with Gasteiger partial charge in [-0.3, -0.25) is 4.98 Å². The summed E-state index contributed by atoms with van der Waals surface area (Å²) in [5.74, 6) is 4.91. The Bertz CT molecular complexity index is 659. The molecule has 0 bridgehead atoms. The van der Waals surface area contributed by atoms with Gasteiger partial charge in [-0.1, -0.05) is 11.8 Å². The smallest absolute Gasteiger partial charge is 0.165 e. The van der Waals surface area contributed by atoms with Crippen molar-refractivity contribution in [3.05, 3.63) is 59.2 Å². The quantitative estimate of drug-likeness (QED) is 0.872. The SMILES string of the molecule is Cc1cncc(COc2cc(C#CCO)ccc2F)c1. The van der Waals surface area contributed by atoms with E-state index in [1.54, 1.807) is 18.5 Å². The molecule has 0 spiro atoms. The highest BCUT2D eigenvalue weighted by atomic mass is 19.1. The van der Waals surface area contributed by atoms with Crippen molar-refractivity contribution in [1.29, 1.82) is 0 Å². The van der Waals surface area contributed by atoms with Crippen molar-refractivity contribution in [3.63, 3.8) is 0 Å². The number of nitrogens with zero attached hydrogens (tertiary/aromatic N) is 1. The lowest BCUT2D eigenvalue weighted by Gasteiger charge is -2.08. The van der Waals surface area contributed by atoms with E-state index in [1.807, 2.05) is 13.0 Å². The number of hydrogen-bond acceptors (Lipinski definition) is 3. The van der Waals surface area contributed by atoms with Gasteiger partial charge in [-0.2, -0.15) is 0 Å². The summed E-state index contributed by atoms with van der Waals surface area (Å²) < 4.78 is 19.1. The Balaban J connectivity index is 2.12. The number of rotatable bonds is 3. The average molecular weight is 271 g/mol. The molecule has 0 saturated heterocycles. The van der Waals surface area contributed by atoms with Crippen molar-refractivity contribution in [2.24, 2.45) is 0 Å². The van der Waals surface area contributed by atoms with Crippen molar-refractivity contribution in [2.45, 2.75) is 13.5 Å². The summed E-state index contributed by atoms with van der Waals surface area (Å²) in [5.41, 5.74) is 2.49. The number of benzene rings is 1. The molecule has 2 aromatic rings. The van der Waals surface area contributed by atoms with E-state index in [4.69, 9.17) is 9.84 Å². The highest BCUT2D eigenvalue weighted by Gasteiger charge is 2.05. The maximum atomic E-state index is 13.6. The molecule has 1 aromatic heterocycles. The topological polar surface area (TPSA) is 42.4 Å². The van der Waals surface area contributed by atoms with Crippen LogP contribution in [-0.2, 0) is 6.61 Å². The molecule has 0 radical (unpaired) electrons. The molecule has 0 atom stereocenters. The maximum Gasteiger partial charge on any atom is 0.165 e. The Morgan fingerprint density at radius 3 is 2.90 bits per heavy atom. The Kier molecular flexibility index (Phi) is 4.70. The fourth-order valence-electron chi connectivity index (χ4n) is 1.69. The van der Waals surface area contributed by atoms with Crippen LogP contribution in [-0.4, -0.2) is 16.7 Å². The van der Waals surface area contributed by atoms with Gasteiger partial charge in [0.15, 0.2) is 11.6 Å². The van der Waals surface area contributed by atoms with E-state index in [1.165, 1.54) is 12.1 Å². The number of aromatic nitrogens is 1. The lowest BCUT2D eigenvalue weighted by atomic mass is 10.2. The molecule has 0 aliphatic heterocycles. The van der Waals surface area contributed by atoms with Crippen molar-refractivity contribution in [2.75, 3.05) is 6.61 Å². The summed E-state index contributed by atoms with van der Waals surface area (Å²) in [6, 6.07) is 6.28. The highest BCUT2D eigenvalue weighted by molar-refractivity contribution is 5.40. The predicted octanol–water partition coefficient (Wildman–Crippen LogP) is 2.45. The normalized spacial score (nSPS) is 9.75. The zero-order valence-corrected chi connectivity index (χ0v) is 11.1. The van der Waals surface area contributed by atoms with Gasteiger partial charge in [-0.25, -0.2) is 4.39 Å². The van der Waals surface area contributed by atoms with E-state index < -0.39 is 5.82 Å². The zero-order valence-electron chi connectivity index (χ0n) is 11.1. The van der Waals surface area contributed by atoms with E-state index >= 15 is 0 Å². The largest absolute Gasteiger partial charge is 0.486 e. The van der Waals surface area contributed by atoms with Gasteiger partial charge in [0.05, 0.1) is 0 Å². The number of halogens is 1. The van der Waals surface area contributed by atoms with Crippen molar-refractivity contribution >= 4 is 0 Å². The zero-order chi connectivity index (χ0) is 14.4. The fourth-order valence-corrected chi connectivity index (χ4v) is 1.69. The summed E-state index contributed by atoms with van der Waals surface area (Å²) in [5, 5.41) is 8.64. The molecule has 1 heterocycles. The first-order chi connectivity index (χ1) is 9.69. The lowest BCUT2D eigenvalue weighted by molar-refractivity contribution is 0.289. The molecule has 0 saturated carbocycles. The van der Waals surface area contributed by atoms with Crippen LogP contribution in [0, 0.1) is 24.6 Å². The van der Waals surface area contributed by atoms with Crippen LogP contribution in [0.15, 0.2) is 36.7 Å². The summed E-state index contributed by atoms with van der Waals surface area (Å²) >= 11 is 0. The standard InChI is InChI=1S/C16H14FNO2/c1-12-7-14(10-18-9-12)11-20-16-8-13(3-2-6-19)4-5-15(16)17/h4-5,7-10,19H,6,11H2,1H3. The van der Waals surface area contributed by atoms with E-state index in [0.717, 1.165) is 11.1 Å². The molecule has 2 rings (SSSR count). The first-order valence-corrected chi connectivity index (χ1v) is 6.11. The van der Waals surface area contributed by atoms with Gasteiger partial charge in [-0.05, 0) is 36.8 Å². The lowest BCUT2D eigenvalue weighted by Crippen LogP contribution is -1.99. The molecule has 0 unspecified atom stereocenters. The Morgan fingerprint density at radius 2 is 2.15 bits per heavy atom. The van der Waals surface area contributed by atoms with E-state index in [9.17, 15) is 4.39 Å². The monoisotopic (exact) mass is 271 g/mol. The first-order valence-electron chi connectivity index (χ1n) is 6.11. The molecule has 102 valence electrons. The van der Waals surface area contributed by atoms with Gasteiger partial charge in [0, 0.05) is 23.5 Å². The van der Waals surface area contributed by atoms with E-state index in [-0.39, 0.29) is 19.0 Å². The second-order valence-corrected chi connectivity index (χ2v) is 4.26. The van der Waals surface area contributed by atoms with Crippen LogP contribution in [0.1, 0.15) is 16.7 Å². The second-order valence-electron chi connectivity index (χ2n) is 4.26. The minimum atomic E-state index is -0.444. The van der Waals surface area contributed by atoms with Crippen LogP contribution < -0.4 is 4.74 Å². The number of aliphatic hydroxyl groups is 1. The van der Waals surface area contributed by atoms with Gasteiger partial charge < -0.3 is 9.84 Å². The number of aliphatic hydroxyl groups excluding tert-OH is 1. The van der Waals surface area contributed by atoms with Crippen LogP contribution in [0.5, 0.6) is 5.75 Å². The summed E-state index contributed by atoms with van der Waals surface area (Å²) in [6.45, 7) is 1.94. The van der Waals surface area contributed by atoms with Gasteiger partial charge in [0.2, 0.25) is 0 Å². The van der Waals surface area contributed by atoms with E-state index in [0.29, 0.717) is 5.56 Å². The summed E-state index contributed by atoms with van der Waals surface area (Å²) in [6.07, 6.45) is 3.43. The highest BCUT2D eigenvalue weighted by Crippen LogP contribution is 2.19. The molecule has 1 aromatic carbocycles. The Hall–Kier alpha value is -2.38. The van der Waals surface area contributed by atoms with Crippen LogP contribution in [0.2, 0.25) is 0 Å². The summed E-state index contributed by atoms with van der Waals surface area (Å²) in [4.78, 5) is 4.05. The van der Waals surface area contributed by atoms with Crippen LogP contribution in [0.4, 0.5) is 4.39 Å². The minimum absolute atomic E-state index is 0.135. The number of aryl methyl sites for hydroxylation is 1.